The molecule has 0 radical (unpaired) electrons. The molecule has 0 aromatic heterocycles. The van der Waals surface area contributed by atoms with Gasteiger partial charge in [0.15, 0.2) is 0 Å². The number of methoxy groups -OCH3 is 2. The normalized spacial score (nSPS) is 13.5. The van der Waals surface area contributed by atoms with Crippen LogP contribution in [-0.2, 0) is 4.74 Å². The van der Waals surface area contributed by atoms with Gasteiger partial charge in [0, 0.05) is 7.11 Å². The molecular formula is C13H18N2O2. The van der Waals surface area contributed by atoms with E-state index in [0.29, 0.717) is 13.0 Å². The maximum absolute atomic E-state index is 9.30. The smallest absolute Gasteiger partial charge is 0.148 e. The van der Waals surface area contributed by atoms with E-state index in [2.05, 4.69) is 11.4 Å². The molecular weight excluding hydrogens is 216 g/mol. The zero-order valence-electron chi connectivity index (χ0n) is 10.5. The van der Waals surface area contributed by atoms with Crippen LogP contribution in [0.2, 0.25) is 0 Å². The fourth-order valence-corrected chi connectivity index (χ4v) is 1.62. The number of rotatable bonds is 6. The van der Waals surface area contributed by atoms with E-state index < -0.39 is 5.54 Å². The van der Waals surface area contributed by atoms with Crippen molar-refractivity contribution in [3.8, 4) is 11.8 Å². The lowest BCUT2D eigenvalue weighted by Crippen LogP contribution is -2.40. The first-order chi connectivity index (χ1) is 8.21. The number of benzene rings is 1. The van der Waals surface area contributed by atoms with E-state index in [9.17, 15) is 5.26 Å². The lowest BCUT2D eigenvalue weighted by atomic mass is 9.98. The highest BCUT2D eigenvalue weighted by atomic mass is 16.5. The van der Waals surface area contributed by atoms with E-state index in [0.717, 1.165) is 11.4 Å². The van der Waals surface area contributed by atoms with Crippen LogP contribution in [0, 0.1) is 11.3 Å². The van der Waals surface area contributed by atoms with Crippen molar-refractivity contribution in [3.63, 3.8) is 0 Å². The lowest BCUT2D eigenvalue weighted by Gasteiger charge is -2.27. The van der Waals surface area contributed by atoms with E-state index in [4.69, 9.17) is 9.47 Å². The predicted octanol–water partition coefficient (Wildman–Crippen LogP) is 2.43. The molecule has 0 aliphatic heterocycles. The summed E-state index contributed by atoms with van der Waals surface area (Å²) in [4.78, 5) is 0. The molecule has 1 atom stereocenters. The molecule has 0 bridgehead atoms. The second-order valence-electron chi connectivity index (χ2n) is 3.81. The molecule has 1 aromatic rings. The van der Waals surface area contributed by atoms with Crippen LogP contribution in [0.15, 0.2) is 24.3 Å². The Hall–Kier alpha value is -1.73. The number of nitrogens with one attached hydrogen (secondary N) is 1. The summed E-state index contributed by atoms with van der Waals surface area (Å²) in [6.45, 7) is 2.28. The molecule has 0 saturated heterocycles. The molecule has 1 rings (SSSR count). The number of nitrogens with zero attached hydrogens (tertiary/aromatic N) is 1. The highest BCUT2D eigenvalue weighted by molar-refractivity contribution is 5.58. The van der Waals surface area contributed by atoms with Crippen LogP contribution >= 0.6 is 0 Å². The first-order valence-electron chi connectivity index (χ1n) is 5.52. The Morgan fingerprint density at radius 1 is 1.35 bits per heavy atom. The summed E-state index contributed by atoms with van der Waals surface area (Å²) in [6.07, 6.45) is 0.648. The molecule has 4 nitrogen and oxygen atoms in total. The number of hydrogen-bond acceptors (Lipinski definition) is 4. The van der Waals surface area contributed by atoms with Crippen LogP contribution in [-0.4, -0.2) is 26.4 Å². The Kier molecular flexibility index (Phi) is 4.80. The molecule has 0 fully saturated rings. The van der Waals surface area contributed by atoms with Crippen molar-refractivity contribution in [2.24, 2.45) is 0 Å². The second-order valence-corrected chi connectivity index (χ2v) is 3.81. The maximum Gasteiger partial charge on any atom is 0.148 e. The Bertz CT molecular complexity index is 401. The summed E-state index contributed by atoms with van der Waals surface area (Å²) in [5.41, 5.74) is 0.0825. The van der Waals surface area contributed by atoms with Crippen LogP contribution in [0.5, 0.6) is 5.75 Å². The minimum atomic E-state index is -0.719. The maximum atomic E-state index is 9.30. The topological polar surface area (TPSA) is 54.3 Å². The summed E-state index contributed by atoms with van der Waals surface area (Å²) >= 11 is 0. The van der Waals surface area contributed by atoms with Crippen molar-refractivity contribution in [1.29, 1.82) is 5.26 Å². The van der Waals surface area contributed by atoms with E-state index >= 15 is 0 Å². The number of hydrogen-bond donors (Lipinski definition) is 1. The predicted molar refractivity (Wildman–Crippen MR) is 67.1 cm³/mol. The van der Waals surface area contributed by atoms with Crippen molar-refractivity contribution in [2.45, 2.75) is 18.9 Å². The molecule has 0 heterocycles. The van der Waals surface area contributed by atoms with Crippen LogP contribution in [0.4, 0.5) is 5.69 Å². The van der Waals surface area contributed by atoms with Gasteiger partial charge in [-0.3, -0.25) is 0 Å². The molecule has 0 amide bonds. The van der Waals surface area contributed by atoms with Crippen molar-refractivity contribution in [3.05, 3.63) is 24.3 Å². The summed E-state index contributed by atoms with van der Waals surface area (Å²) < 4.78 is 10.4. The fourth-order valence-electron chi connectivity index (χ4n) is 1.62. The van der Waals surface area contributed by atoms with Gasteiger partial charge in [-0.2, -0.15) is 5.26 Å². The average molecular weight is 234 g/mol. The third-order valence-corrected chi connectivity index (χ3v) is 2.69. The zero-order valence-corrected chi connectivity index (χ0v) is 10.5. The molecule has 17 heavy (non-hydrogen) atoms. The highest BCUT2D eigenvalue weighted by Crippen LogP contribution is 2.27. The third-order valence-electron chi connectivity index (χ3n) is 2.69. The van der Waals surface area contributed by atoms with Gasteiger partial charge in [-0.15, -0.1) is 0 Å². The molecule has 4 heteroatoms. The Labute approximate surface area is 102 Å². The van der Waals surface area contributed by atoms with E-state index in [1.54, 1.807) is 14.2 Å². The van der Waals surface area contributed by atoms with Crippen LogP contribution in [0.25, 0.3) is 0 Å². The minimum absolute atomic E-state index is 0.331. The van der Waals surface area contributed by atoms with Gasteiger partial charge in [0.25, 0.3) is 0 Å². The van der Waals surface area contributed by atoms with Gasteiger partial charge in [-0.25, -0.2) is 0 Å². The van der Waals surface area contributed by atoms with Gasteiger partial charge in [0.1, 0.15) is 11.3 Å². The standard InChI is InChI=1S/C13H18N2O2/c1-4-13(9-14,10-16-2)15-11-7-5-6-8-12(11)17-3/h5-8,15H,4,10H2,1-3H3. The first-order valence-corrected chi connectivity index (χ1v) is 5.52. The zero-order chi connectivity index (χ0) is 12.7. The number of nitriles is 1. The van der Waals surface area contributed by atoms with Crippen molar-refractivity contribution in [2.75, 3.05) is 26.1 Å². The summed E-state index contributed by atoms with van der Waals surface area (Å²) in [7, 11) is 3.20. The third kappa shape index (κ3) is 3.11. The van der Waals surface area contributed by atoms with Crippen molar-refractivity contribution < 1.29 is 9.47 Å². The van der Waals surface area contributed by atoms with Crippen molar-refractivity contribution >= 4 is 5.69 Å². The summed E-state index contributed by atoms with van der Waals surface area (Å²) in [6, 6.07) is 9.80. The highest BCUT2D eigenvalue weighted by Gasteiger charge is 2.28. The Morgan fingerprint density at radius 3 is 2.59 bits per heavy atom. The van der Waals surface area contributed by atoms with Crippen LogP contribution in [0.3, 0.4) is 0 Å². The molecule has 1 N–H and O–H groups in total. The molecule has 1 aromatic carbocycles. The average Bonchev–Trinajstić information content (AvgIpc) is 2.38. The number of anilines is 1. The fraction of sp³-hybridized carbons (Fsp3) is 0.462. The van der Waals surface area contributed by atoms with Gasteiger partial charge in [0.05, 0.1) is 25.5 Å². The van der Waals surface area contributed by atoms with E-state index in [1.807, 2.05) is 31.2 Å². The summed E-state index contributed by atoms with van der Waals surface area (Å²) in [5, 5.41) is 12.5. The molecule has 92 valence electrons. The van der Waals surface area contributed by atoms with Crippen LogP contribution in [0.1, 0.15) is 13.3 Å². The molecule has 1 unspecified atom stereocenters. The van der Waals surface area contributed by atoms with Crippen molar-refractivity contribution in [1.82, 2.24) is 0 Å². The SMILES string of the molecule is CCC(C#N)(COC)Nc1ccccc1OC. The number of ether oxygens (including phenoxy) is 2. The van der Waals surface area contributed by atoms with E-state index in [1.165, 1.54) is 0 Å². The minimum Gasteiger partial charge on any atom is -0.495 e. The second kappa shape index (κ2) is 6.12. The molecule has 0 saturated carbocycles. The molecule has 0 aliphatic rings. The van der Waals surface area contributed by atoms with Gasteiger partial charge in [-0.05, 0) is 18.6 Å². The Morgan fingerprint density at radius 2 is 2.06 bits per heavy atom. The van der Waals surface area contributed by atoms with Gasteiger partial charge >= 0.3 is 0 Å². The first kappa shape index (κ1) is 13.3. The quantitative estimate of drug-likeness (QED) is 0.821. The van der Waals surface area contributed by atoms with Gasteiger partial charge < -0.3 is 14.8 Å². The van der Waals surface area contributed by atoms with Gasteiger partial charge in [0.2, 0.25) is 0 Å². The number of para-hydroxylation sites is 2. The monoisotopic (exact) mass is 234 g/mol. The summed E-state index contributed by atoms with van der Waals surface area (Å²) in [5.74, 6) is 0.719. The molecule has 0 aliphatic carbocycles. The van der Waals surface area contributed by atoms with Gasteiger partial charge in [-0.1, -0.05) is 19.1 Å². The Balaban J connectivity index is 2.97. The molecule has 0 spiro atoms. The lowest BCUT2D eigenvalue weighted by molar-refractivity contribution is 0.162. The van der Waals surface area contributed by atoms with Crippen LogP contribution < -0.4 is 10.1 Å². The largest absolute Gasteiger partial charge is 0.495 e. The van der Waals surface area contributed by atoms with E-state index in [-0.39, 0.29) is 0 Å².